The molecule has 0 radical (unpaired) electrons. The van der Waals surface area contributed by atoms with Crippen LogP contribution in [0.2, 0.25) is 0 Å². The summed E-state index contributed by atoms with van der Waals surface area (Å²) in [5, 5.41) is 0. The minimum Gasteiger partial charge on any atom is -0.465 e. The van der Waals surface area contributed by atoms with Crippen molar-refractivity contribution in [2.75, 3.05) is 13.2 Å². The second kappa shape index (κ2) is 7.20. The van der Waals surface area contributed by atoms with E-state index < -0.39 is 10.8 Å². The lowest BCUT2D eigenvalue weighted by Gasteiger charge is -2.40. The molecule has 1 aromatic carbocycles. The van der Waals surface area contributed by atoms with Crippen LogP contribution in [0.1, 0.15) is 51.7 Å². The molecule has 0 aromatic heterocycles. The predicted molar refractivity (Wildman–Crippen MR) is 92.8 cm³/mol. The van der Waals surface area contributed by atoms with Gasteiger partial charge in [0.2, 0.25) is 0 Å². The summed E-state index contributed by atoms with van der Waals surface area (Å²) in [6.07, 6.45) is 4.82. The van der Waals surface area contributed by atoms with Gasteiger partial charge >= 0.3 is 11.9 Å². The van der Waals surface area contributed by atoms with Crippen molar-refractivity contribution < 1.29 is 19.1 Å². The van der Waals surface area contributed by atoms with Crippen LogP contribution in [0, 0.1) is 0 Å². The van der Waals surface area contributed by atoms with Crippen LogP contribution in [-0.2, 0) is 29.9 Å². The molecule has 0 amide bonds. The van der Waals surface area contributed by atoms with Crippen molar-refractivity contribution in [1.29, 1.82) is 0 Å². The molecule has 1 aliphatic carbocycles. The Morgan fingerprint density at radius 1 is 0.792 bits per heavy atom. The number of benzene rings is 1. The fraction of sp³-hybridized carbons (Fsp3) is 0.500. The Kier molecular flexibility index (Phi) is 5.47. The van der Waals surface area contributed by atoms with Gasteiger partial charge in [-0.3, -0.25) is 9.59 Å². The summed E-state index contributed by atoms with van der Waals surface area (Å²) in [5.74, 6) is -0.547. The number of rotatable bonds is 6. The van der Waals surface area contributed by atoms with Gasteiger partial charge in [-0.05, 0) is 37.8 Å². The van der Waals surface area contributed by atoms with Crippen LogP contribution in [0.5, 0.6) is 0 Å². The summed E-state index contributed by atoms with van der Waals surface area (Å²) in [5.41, 5.74) is -0.0260. The van der Waals surface area contributed by atoms with Crippen molar-refractivity contribution in [2.45, 2.75) is 51.4 Å². The van der Waals surface area contributed by atoms with Gasteiger partial charge in [0.25, 0.3) is 0 Å². The third-order valence-electron chi connectivity index (χ3n) is 4.94. The van der Waals surface area contributed by atoms with E-state index >= 15 is 0 Å². The SMILES string of the molecule is CCOC(=O)[C@@]1(CC)C=C[C@@](CC)(C(=O)OCC)c2ccccc21. The Bertz CT molecular complexity index is 594. The number of carbonyl (C=O) groups is 2. The summed E-state index contributed by atoms with van der Waals surface area (Å²) < 4.78 is 10.7. The topological polar surface area (TPSA) is 52.6 Å². The van der Waals surface area contributed by atoms with Gasteiger partial charge in [0.05, 0.1) is 13.2 Å². The second-order valence-corrected chi connectivity index (χ2v) is 5.97. The van der Waals surface area contributed by atoms with Crippen LogP contribution in [0.3, 0.4) is 0 Å². The first kappa shape index (κ1) is 18.2. The maximum atomic E-state index is 12.7. The lowest BCUT2D eigenvalue weighted by atomic mass is 9.63. The smallest absolute Gasteiger partial charge is 0.320 e. The van der Waals surface area contributed by atoms with E-state index in [4.69, 9.17) is 9.47 Å². The van der Waals surface area contributed by atoms with E-state index in [1.54, 1.807) is 13.8 Å². The zero-order valence-electron chi connectivity index (χ0n) is 14.9. The molecule has 1 aliphatic rings. The standard InChI is InChI=1S/C20H26O4/c1-5-19(17(21)23-7-3)13-14-20(6-2,18(22)24-8-4)16-12-10-9-11-15(16)19/h9-14H,5-8H2,1-4H3/t19-,20+. The fourth-order valence-corrected chi connectivity index (χ4v) is 3.51. The predicted octanol–water partition coefficient (Wildman–Crippen LogP) is 3.68. The third-order valence-corrected chi connectivity index (χ3v) is 4.94. The van der Waals surface area contributed by atoms with Crippen LogP contribution in [0.4, 0.5) is 0 Å². The zero-order chi connectivity index (χ0) is 17.8. The lowest BCUT2D eigenvalue weighted by molar-refractivity contribution is -0.151. The van der Waals surface area contributed by atoms with Gasteiger partial charge in [0.15, 0.2) is 0 Å². The highest BCUT2D eigenvalue weighted by Crippen LogP contribution is 2.46. The molecule has 130 valence electrons. The highest BCUT2D eigenvalue weighted by atomic mass is 16.5. The second-order valence-electron chi connectivity index (χ2n) is 5.97. The zero-order valence-corrected chi connectivity index (χ0v) is 14.9. The minimum absolute atomic E-state index is 0.273. The molecule has 0 saturated carbocycles. The molecule has 0 unspecified atom stereocenters. The highest BCUT2D eigenvalue weighted by molar-refractivity contribution is 5.93. The minimum atomic E-state index is -0.849. The Morgan fingerprint density at radius 3 is 1.46 bits per heavy atom. The maximum Gasteiger partial charge on any atom is 0.320 e. The molecule has 0 bridgehead atoms. The Morgan fingerprint density at radius 2 is 1.17 bits per heavy atom. The van der Waals surface area contributed by atoms with Gasteiger partial charge in [0.1, 0.15) is 10.8 Å². The van der Waals surface area contributed by atoms with Gasteiger partial charge < -0.3 is 9.47 Å². The van der Waals surface area contributed by atoms with Crippen molar-refractivity contribution in [3.05, 3.63) is 47.5 Å². The van der Waals surface area contributed by atoms with E-state index in [2.05, 4.69) is 0 Å². The van der Waals surface area contributed by atoms with Gasteiger partial charge in [-0.25, -0.2) is 0 Å². The van der Waals surface area contributed by atoms with Crippen molar-refractivity contribution in [2.24, 2.45) is 0 Å². The molecule has 0 N–H and O–H groups in total. The van der Waals surface area contributed by atoms with Crippen LogP contribution in [0.15, 0.2) is 36.4 Å². The van der Waals surface area contributed by atoms with E-state index in [-0.39, 0.29) is 11.9 Å². The molecule has 0 fully saturated rings. The molecule has 0 heterocycles. The average molecular weight is 330 g/mol. The maximum absolute atomic E-state index is 12.7. The molecule has 2 rings (SSSR count). The first-order valence-corrected chi connectivity index (χ1v) is 8.67. The molecular formula is C20H26O4. The molecule has 1 aromatic rings. The normalized spacial score (nSPS) is 25.0. The molecule has 0 aliphatic heterocycles. The summed E-state index contributed by atoms with van der Waals surface area (Å²) >= 11 is 0. The molecule has 0 spiro atoms. The number of carbonyl (C=O) groups excluding carboxylic acids is 2. The quantitative estimate of drug-likeness (QED) is 0.590. The molecule has 24 heavy (non-hydrogen) atoms. The Balaban J connectivity index is 2.68. The van der Waals surface area contributed by atoms with Gasteiger partial charge in [-0.15, -0.1) is 0 Å². The Labute approximate surface area is 143 Å². The summed E-state index contributed by atoms with van der Waals surface area (Å²) in [4.78, 5) is 25.4. The van der Waals surface area contributed by atoms with Gasteiger partial charge in [-0.1, -0.05) is 50.3 Å². The third kappa shape index (κ3) is 2.64. The van der Waals surface area contributed by atoms with E-state index in [0.29, 0.717) is 26.1 Å². The largest absolute Gasteiger partial charge is 0.465 e. The van der Waals surface area contributed by atoms with Crippen molar-refractivity contribution in [3.8, 4) is 0 Å². The van der Waals surface area contributed by atoms with Crippen LogP contribution in [-0.4, -0.2) is 25.2 Å². The summed E-state index contributed by atoms with van der Waals surface area (Å²) in [7, 11) is 0. The highest BCUT2D eigenvalue weighted by Gasteiger charge is 2.50. The number of fused-ring (bicyclic) bond motifs is 1. The molecule has 4 nitrogen and oxygen atoms in total. The van der Waals surface area contributed by atoms with Gasteiger partial charge in [-0.2, -0.15) is 0 Å². The molecular weight excluding hydrogens is 304 g/mol. The number of hydrogen-bond donors (Lipinski definition) is 0. The first-order valence-electron chi connectivity index (χ1n) is 8.67. The van der Waals surface area contributed by atoms with E-state index in [1.165, 1.54) is 0 Å². The first-order chi connectivity index (χ1) is 11.5. The summed E-state index contributed by atoms with van der Waals surface area (Å²) in [6.45, 7) is 8.17. The number of esters is 2. The van der Waals surface area contributed by atoms with Crippen LogP contribution < -0.4 is 0 Å². The van der Waals surface area contributed by atoms with Crippen LogP contribution in [0.25, 0.3) is 0 Å². The van der Waals surface area contributed by atoms with E-state index in [0.717, 1.165) is 11.1 Å². The van der Waals surface area contributed by atoms with Crippen molar-refractivity contribution >= 4 is 11.9 Å². The lowest BCUT2D eigenvalue weighted by Crippen LogP contribution is -2.45. The Hall–Kier alpha value is -2.10. The van der Waals surface area contributed by atoms with E-state index in [9.17, 15) is 9.59 Å². The fourth-order valence-electron chi connectivity index (χ4n) is 3.51. The summed E-state index contributed by atoms with van der Waals surface area (Å²) in [6, 6.07) is 7.63. The monoisotopic (exact) mass is 330 g/mol. The molecule has 2 atom stereocenters. The average Bonchev–Trinajstić information content (AvgIpc) is 2.61. The van der Waals surface area contributed by atoms with Gasteiger partial charge in [0, 0.05) is 0 Å². The van der Waals surface area contributed by atoms with Crippen molar-refractivity contribution in [1.82, 2.24) is 0 Å². The number of hydrogen-bond acceptors (Lipinski definition) is 4. The van der Waals surface area contributed by atoms with Crippen molar-refractivity contribution in [3.63, 3.8) is 0 Å². The van der Waals surface area contributed by atoms with E-state index in [1.807, 2.05) is 50.3 Å². The van der Waals surface area contributed by atoms with Crippen LogP contribution >= 0.6 is 0 Å². The number of ether oxygens (including phenoxy) is 2. The molecule has 4 heteroatoms. The molecule has 0 saturated heterocycles.